The molecule has 0 fully saturated rings. The van der Waals surface area contributed by atoms with E-state index in [1.165, 1.54) is 0 Å². The lowest BCUT2D eigenvalue weighted by atomic mass is 9.81. The van der Waals surface area contributed by atoms with Gasteiger partial charge >= 0.3 is 5.97 Å². The fourth-order valence-electron chi connectivity index (χ4n) is 2.20. The van der Waals surface area contributed by atoms with Crippen LogP contribution in [0.15, 0.2) is 12.1 Å². The Balaban J connectivity index is 3.04. The minimum absolute atomic E-state index is 0.140. The van der Waals surface area contributed by atoms with E-state index in [-0.39, 0.29) is 11.8 Å². The molecule has 0 radical (unpaired) electrons. The van der Waals surface area contributed by atoms with Crippen LogP contribution >= 0.6 is 0 Å². The van der Waals surface area contributed by atoms with Gasteiger partial charge in [-0.2, -0.15) is 0 Å². The first-order chi connectivity index (χ1) is 8.79. The van der Waals surface area contributed by atoms with Gasteiger partial charge in [-0.25, -0.2) is 0 Å². The van der Waals surface area contributed by atoms with Gasteiger partial charge in [0.25, 0.3) is 0 Å². The van der Waals surface area contributed by atoms with Crippen molar-refractivity contribution in [1.82, 2.24) is 0 Å². The Labute approximate surface area is 114 Å². The number of carbonyl (C=O) groups is 1. The van der Waals surface area contributed by atoms with Gasteiger partial charge < -0.3 is 14.6 Å². The molecular formula is C15H22O4. The fraction of sp³-hybridized carbons (Fsp3) is 0.533. The second-order valence-electron chi connectivity index (χ2n) is 5.55. The average molecular weight is 266 g/mol. The van der Waals surface area contributed by atoms with Crippen molar-refractivity contribution < 1.29 is 19.4 Å². The van der Waals surface area contributed by atoms with Crippen LogP contribution < -0.4 is 9.47 Å². The summed E-state index contributed by atoms with van der Waals surface area (Å²) in [4.78, 5) is 10.9. The van der Waals surface area contributed by atoms with Gasteiger partial charge in [0.2, 0.25) is 0 Å². The van der Waals surface area contributed by atoms with Crippen LogP contribution in [0.25, 0.3) is 0 Å². The Morgan fingerprint density at radius 1 is 1.21 bits per heavy atom. The minimum atomic E-state index is -0.775. The van der Waals surface area contributed by atoms with Gasteiger partial charge in [-0.1, -0.05) is 13.8 Å². The van der Waals surface area contributed by atoms with E-state index in [0.717, 1.165) is 11.1 Å². The topological polar surface area (TPSA) is 55.8 Å². The van der Waals surface area contributed by atoms with Crippen molar-refractivity contribution in [2.24, 2.45) is 5.41 Å². The first-order valence-electron chi connectivity index (χ1n) is 6.22. The molecule has 4 heteroatoms. The number of hydrogen-bond acceptors (Lipinski definition) is 3. The zero-order valence-electron chi connectivity index (χ0n) is 12.2. The van der Waals surface area contributed by atoms with E-state index in [2.05, 4.69) is 0 Å². The Morgan fingerprint density at radius 3 is 2.21 bits per heavy atom. The Bertz CT molecular complexity index is 463. The van der Waals surface area contributed by atoms with E-state index >= 15 is 0 Å². The summed E-state index contributed by atoms with van der Waals surface area (Å²) in [6.45, 7) is 5.91. The molecule has 0 heterocycles. The molecule has 0 aliphatic rings. The monoisotopic (exact) mass is 266 g/mol. The van der Waals surface area contributed by atoms with Crippen molar-refractivity contribution in [2.75, 3.05) is 14.2 Å². The van der Waals surface area contributed by atoms with Crippen LogP contribution in [0.4, 0.5) is 0 Å². The molecule has 0 spiro atoms. The molecule has 0 atom stereocenters. The van der Waals surface area contributed by atoms with Gasteiger partial charge in [-0.3, -0.25) is 4.79 Å². The average Bonchev–Trinajstić information content (AvgIpc) is 2.29. The summed E-state index contributed by atoms with van der Waals surface area (Å²) in [6.07, 6.45) is 0.826. The highest BCUT2D eigenvalue weighted by atomic mass is 16.5. The third kappa shape index (κ3) is 4.16. The highest BCUT2D eigenvalue weighted by Crippen LogP contribution is 2.34. The van der Waals surface area contributed by atoms with Crippen LogP contribution in [0.3, 0.4) is 0 Å². The molecule has 1 N–H and O–H groups in total. The number of hydrogen-bond donors (Lipinski definition) is 1. The third-order valence-electron chi connectivity index (χ3n) is 3.14. The molecular weight excluding hydrogens is 244 g/mol. The molecule has 106 valence electrons. The molecule has 0 unspecified atom stereocenters. The minimum Gasteiger partial charge on any atom is -0.493 e. The van der Waals surface area contributed by atoms with Crippen molar-refractivity contribution >= 4 is 5.97 Å². The lowest BCUT2D eigenvalue weighted by Gasteiger charge is -2.24. The third-order valence-corrected chi connectivity index (χ3v) is 3.14. The Hall–Kier alpha value is -1.71. The normalized spacial score (nSPS) is 11.2. The number of ether oxygens (including phenoxy) is 2. The lowest BCUT2D eigenvalue weighted by molar-refractivity contribution is -0.139. The maximum absolute atomic E-state index is 10.9. The SMILES string of the molecule is COc1cc(C)c(CC(C)(C)CC(=O)O)cc1OC. The maximum atomic E-state index is 10.9. The van der Waals surface area contributed by atoms with Crippen molar-refractivity contribution in [1.29, 1.82) is 0 Å². The van der Waals surface area contributed by atoms with Crippen LogP contribution in [0.1, 0.15) is 31.4 Å². The number of rotatable bonds is 6. The van der Waals surface area contributed by atoms with Crippen LogP contribution in [0.2, 0.25) is 0 Å². The predicted molar refractivity (Wildman–Crippen MR) is 74.0 cm³/mol. The Morgan fingerprint density at radius 2 is 1.74 bits per heavy atom. The molecule has 0 aromatic heterocycles. The van der Waals surface area contributed by atoms with Gasteiger partial charge in [-0.05, 0) is 42.0 Å². The van der Waals surface area contributed by atoms with Crippen molar-refractivity contribution in [2.45, 2.75) is 33.6 Å². The highest BCUT2D eigenvalue weighted by Gasteiger charge is 2.23. The zero-order chi connectivity index (χ0) is 14.6. The van der Waals surface area contributed by atoms with E-state index in [0.29, 0.717) is 17.9 Å². The van der Waals surface area contributed by atoms with Gasteiger partial charge in [0, 0.05) is 0 Å². The first kappa shape index (κ1) is 15.3. The fourth-order valence-corrected chi connectivity index (χ4v) is 2.20. The molecule has 4 nitrogen and oxygen atoms in total. The number of aliphatic carboxylic acids is 1. The maximum Gasteiger partial charge on any atom is 0.303 e. The van der Waals surface area contributed by atoms with E-state index in [1.54, 1.807) is 14.2 Å². The molecule has 0 aliphatic carbocycles. The lowest BCUT2D eigenvalue weighted by Crippen LogP contribution is -2.20. The molecule has 0 amide bonds. The highest BCUT2D eigenvalue weighted by molar-refractivity contribution is 5.67. The van der Waals surface area contributed by atoms with Crippen LogP contribution in [0, 0.1) is 12.3 Å². The quantitative estimate of drug-likeness (QED) is 0.859. The number of benzene rings is 1. The van der Waals surface area contributed by atoms with Crippen LogP contribution in [-0.4, -0.2) is 25.3 Å². The van der Waals surface area contributed by atoms with E-state index in [1.807, 2.05) is 32.9 Å². The summed E-state index contributed by atoms with van der Waals surface area (Å²) in [5, 5.41) is 8.93. The number of methoxy groups -OCH3 is 2. The summed E-state index contributed by atoms with van der Waals surface area (Å²) in [6, 6.07) is 3.85. The summed E-state index contributed by atoms with van der Waals surface area (Å²) in [5.74, 6) is 0.595. The molecule has 0 saturated heterocycles. The molecule has 0 saturated carbocycles. The van der Waals surface area contributed by atoms with Gasteiger partial charge in [0.15, 0.2) is 11.5 Å². The molecule has 19 heavy (non-hydrogen) atoms. The molecule has 0 bridgehead atoms. The standard InChI is InChI=1S/C15H22O4/c1-10-6-12(18-4)13(19-5)7-11(10)8-15(2,3)9-14(16)17/h6-7H,8-9H2,1-5H3,(H,16,17). The largest absolute Gasteiger partial charge is 0.493 e. The van der Waals surface area contributed by atoms with Crippen molar-refractivity contribution in [3.05, 3.63) is 23.3 Å². The van der Waals surface area contributed by atoms with Crippen LogP contribution in [0.5, 0.6) is 11.5 Å². The smallest absolute Gasteiger partial charge is 0.303 e. The summed E-state index contributed by atoms with van der Waals surface area (Å²) in [7, 11) is 3.20. The van der Waals surface area contributed by atoms with Crippen molar-refractivity contribution in [3.8, 4) is 11.5 Å². The van der Waals surface area contributed by atoms with Gasteiger partial charge in [-0.15, -0.1) is 0 Å². The van der Waals surface area contributed by atoms with E-state index in [9.17, 15) is 4.79 Å². The number of carboxylic acid groups (broad SMARTS) is 1. The van der Waals surface area contributed by atoms with E-state index in [4.69, 9.17) is 14.6 Å². The Kier molecular flexibility index (Phi) is 4.81. The first-order valence-corrected chi connectivity index (χ1v) is 6.22. The molecule has 1 rings (SSSR count). The summed E-state index contributed by atoms with van der Waals surface area (Å²) < 4.78 is 10.5. The number of aryl methyl sites for hydroxylation is 1. The van der Waals surface area contributed by atoms with Gasteiger partial charge in [0.1, 0.15) is 0 Å². The zero-order valence-corrected chi connectivity index (χ0v) is 12.2. The molecule has 0 aliphatic heterocycles. The van der Waals surface area contributed by atoms with Crippen molar-refractivity contribution in [3.63, 3.8) is 0 Å². The van der Waals surface area contributed by atoms with Crippen LogP contribution in [-0.2, 0) is 11.2 Å². The van der Waals surface area contributed by atoms with Gasteiger partial charge in [0.05, 0.1) is 20.6 Å². The summed E-state index contributed by atoms with van der Waals surface area (Å²) in [5.41, 5.74) is 1.87. The summed E-state index contributed by atoms with van der Waals surface area (Å²) >= 11 is 0. The second kappa shape index (κ2) is 5.95. The predicted octanol–water partition coefficient (Wildman–Crippen LogP) is 3.06. The van der Waals surface area contributed by atoms with E-state index < -0.39 is 5.97 Å². The molecule has 1 aromatic rings. The number of carboxylic acids is 1. The second-order valence-corrected chi connectivity index (χ2v) is 5.55. The molecule has 1 aromatic carbocycles.